The summed E-state index contributed by atoms with van der Waals surface area (Å²) in [6.07, 6.45) is 10.7. The van der Waals surface area contributed by atoms with Gasteiger partial charge in [-0.15, -0.1) is 0 Å². The van der Waals surface area contributed by atoms with E-state index >= 15 is 0 Å². The standard InChI is InChI=1S/C22H29ClN2O3/c1-6-9-19(10-7-2)15-25-22(27)18(5)11-12-24-21(26)16-28-20(8-3)13-17(4)14-23/h6-10,13-14H,1,3,5,11-12,15-16H2,2,4H3,(H,24,26)(H,25,27)/b10-7+,17-14+,19-9+,20-13+. The molecule has 0 radical (unpaired) electrons. The number of carbonyl (C=O) groups excluding carboxylic acids is 2. The lowest BCUT2D eigenvalue weighted by Crippen LogP contribution is -2.31. The van der Waals surface area contributed by atoms with Crippen LogP contribution in [0.4, 0.5) is 0 Å². The minimum atomic E-state index is -0.308. The van der Waals surface area contributed by atoms with Crippen molar-refractivity contribution < 1.29 is 14.3 Å². The van der Waals surface area contributed by atoms with E-state index in [9.17, 15) is 9.59 Å². The molecule has 5 nitrogen and oxygen atoms in total. The molecule has 0 aromatic heterocycles. The predicted molar refractivity (Wildman–Crippen MR) is 117 cm³/mol. The second-order valence-corrected chi connectivity index (χ2v) is 5.97. The molecular formula is C22H29ClN2O3. The molecular weight excluding hydrogens is 376 g/mol. The summed E-state index contributed by atoms with van der Waals surface area (Å²) in [5.74, 6) is -0.124. The molecule has 0 aromatic rings. The normalized spacial score (nSPS) is 12.5. The first-order chi connectivity index (χ1) is 13.4. The van der Waals surface area contributed by atoms with Crippen LogP contribution < -0.4 is 10.6 Å². The number of hydrogen-bond donors (Lipinski definition) is 2. The first kappa shape index (κ1) is 25.2. The maximum atomic E-state index is 12.1. The minimum Gasteiger partial charge on any atom is -0.484 e. The summed E-state index contributed by atoms with van der Waals surface area (Å²) in [5, 5.41) is 5.46. The average Bonchev–Trinajstić information content (AvgIpc) is 2.68. The maximum Gasteiger partial charge on any atom is 0.257 e. The average molecular weight is 405 g/mol. The number of carbonyl (C=O) groups is 2. The van der Waals surface area contributed by atoms with Crippen molar-refractivity contribution in [3.05, 3.63) is 84.2 Å². The lowest BCUT2D eigenvalue weighted by molar-refractivity contribution is -0.124. The molecule has 0 aliphatic carbocycles. The van der Waals surface area contributed by atoms with Gasteiger partial charge in [0.1, 0.15) is 5.76 Å². The highest BCUT2D eigenvalue weighted by Gasteiger charge is 2.08. The molecule has 0 heterocycles. The minimum absolute atomic E-state index is 0.162. The van der Waals surface area contributed by atoms with Gasteiger partial charge in [0.15, 0.2) is 6.61 Å². The van der Waals surface area contributed by atoms with Crippen LogP contribution in [0.3, 0.4) is 0 Å². The van der Waals surface area contributed by atoms with Crippen molar-refractivity contribution in [1.29, 1.82) is 0 Å². The summed E-state index contributed by atoms with van der Waals surface area (Å²) < 4.78 is 5.35. The Bertz CT molecular complexity index is 701. The molecule has 2 N–H and O–H groups in total. The third-order valence-electron chi connectivity index (χ3n) is 3.35. The monoisotopic (exact) mass is 404 g/mol. The van der Waals surface area contributed by atoms with Crippen molar-refractivity contribution in [2.24, 2.45) is 0 Å². The van der Waals surface area contributed by atoms with Gasteiger partial charge >= 0.3 is 0 Å². The van der Waals surface area contributed by atoms with Crippen LogP contribution in [-0.4, -0.2) is 31.5 Å². The molecule has 0 saturated carbocycles. The topological polar surface area (TPSA) is 67.4 Å². The number of halogens is 1. The highest BCUT2D eigenvalue weighted by atomic mass is 35.5. The Morgan fingerprint density at radius 1 is 1.21 bits per heavy atom. The van der Waals surface area contributed by atoms with Crippen molar-refractivity contribution >= 4 is 23.4 Å². The van der Waals surface area contributed by atoms with Crippen LogP contribution in [0.1, 0.15) is 20.3 Å². The van der Waals surface area contributed by atoms with E-state index in [0.29, 0.717) is 24.3 Å². The summed E-state index contributed by atoms with van der Waals surface area (Å²) >= 11 is 5.58. The van der Waals surface area contributed by atoms with Crippen molar-refractivity contribution in [1.82, 2.24) is 10.6 Å². The Morgan fingerprint density at radius 3 is 2.50 bits per heavy atom. The summed E-state index contributed by atoms with van der Waals surface area (Å²) in [5.41, 5.74) is 3.49. The zero-order chi connectivity index (χ0) is 21.4. The zero-order valence-corrected chi connectivity index (χ0v) is 17.3. The number of amides is 2. The van der Waals surface area contributed by atoms with E-state index in [1.54, 1.807) is 19.1 Å². The summed E-state index contributed by atoms with van der Waals surface area (Å²) in [4.78, 5) is 23.9. The van der Waals surface area contributed by atoms with Gasteiger partial charge in [-0.2, -0.15) is 0 Å². The highest BCUT2D eigenvalue weighted by Crippen LogP contribution is 2.06. The lowest BCUT2D eigenvalue weighted by Gasteiger charge is -2.10. The van der Waals surface area contributed by atoms with Gasteiger partial charge in [0.05, 0.1) is 0 Å². The number of allylic oxidation sites excluding steroid dienone is 6. The molecule has 0 aromatic carbocycles. The quantitative estimate of drug-likeness (QED) is 0.276. The molecule has 0 fully saturated rings. The summed E-state index contributed by atoms with van der Waals surface area (Å²) in [6, 6.07) is 0. The fourth-order valence-electron chi connectivity index (χ4n) is 1.93. The van der Waals surface area contributed by atoms with E-state index in [1.165, 1.54) is 11.6 Å². The van der Waals surface area contributed by atoms with Gasteiger partial charge < -0.3 is 15.4 Å². The van der Waals surface area contributed by atoms with Crippen LogP contribution >= 0.6 is 11.6 Å². The van der Waals surface area contributed by atoms with E-state index in [1.807, 2.05) is 25.2 Å². The lowest BCUT2D eigenvalue weighted by atomic mass is 10.2. The van der Waals surface area contributed by atoms with Crippen molar-refractivity contribution in [2.45, 2.75) is 20.3 Å². The molecule has 152 valence electrons. The maximum absolute atomic E-state index is 12.1. The number of nitrogens with one attached hydrogen (secondary N) is 2. The fourth-order valence-corrected chi connectivity index (χ4v) is 1.99. The van der Waals surface area contributed by atoms with Crippen LogP contribution in [-0.2, 0) is 14.3 Å². The van der Waals surface area contributed by atoms with Gasteiger partial charge in [-0.1, -0.05) is 55.6 Å². The molecule has 0 bridgehead atoms. The first-order valence-electron chi connectivity index (χ1n) is 8.78. The van der Waals surface area contributed by atoms with E-state index in [-0.39, 0.29) is 25.0 Å². The molecule has 0 spiro atoms. The third-order valence-corrected chi connectivity index (χ3v) is 3.69. The molecule has 2 amide bonds. The van der Waals surface area contributed by atoms with Gasteiger partial charge in [0.25, 0.3) is 5.91 Å². The number of rotatable bonds is 13. The summed E-state index contributed by atoms with van der Waals surface area (Å²) in [6.45, 7) is 15.2. The highest BCUT2D eigenvalue weighted by molar-refractivity contribution is 6.25. The van der Waals surface area contributed by atoms with E-state index < -0.39 is 0 Å². The largest absolute Gasteiger partial charge is 0.484 e. The van der Waals surface area contributed by atoms with Crippen LogP contribution in [0.2, 0.25) is 0 Å². The molecule has 0 saturated heterocycles. The van der Waals surface area contributed by atoms with Gasteiger partial charge in [-0.05, 0) is 43.6 Å². The Kier molecular flexibility index (Phi) is 13.8. The van der Waals surface area contributed by atoms with Crippen molar-refractivity contribution in [2.75, 3.05) is 19.7 Å². The van der Waals surface area contributed by atoms with E-state index in [0.717, 1.165) is 11.1 Å². The number of ether oxygens (including phenoxy) is 1. The Labute approximate surface area is 172 Å². The Morgan fingerprint density at radius 2 is 1.93 bits per heavy atom. The van der Waals surface area contributed by atoms with Gasteiger partial charge in [0, 0.05) is 24.2 Å². The van der Waals surface area contributed by atoms with Gasteiger partial charge in [-0.3, -0.25) is 9.59 Å². The fraction of sp³-hybridized carbons (Fsp3) is 0.273. The third kappa shape index (κ3) is 11.8. The van der Waals surface area contributed by atoms with E-state index in [4.69, 9.17) is 16.3 Å². The first-order valence-corrected chi connectivity index (χ1v) is 9.22. The molecule has 6 heteroatoms. The number of hydrogen-bond acceptors (Lipinski definition) is 3. The molecule has 0 aliphatic rings. The molecule has 28 heavy (non-hydrogen) atoms. The molecule has 0 unspecified atom stereocenters. The Balaban J connectivity index is 4.28. The van der Waals surface area contributed by atoms with Crippen LogP contribution in [0.25, 0.3) is 0 Å². The SMILES string of the molecule is C=C/C=C(\C=C\C)CNC(=O)C(=C)CCNC(=O)CO/C(C=C)=C/C(C)=C/Cl. The van der Waals surface area contributed by atoms with E-state index in [2.05, 4.69) is 30.4 Å². The van der Waals surface area contributed by atoms with Crippen LogP contribution in [0, 0.1) is 0 Å². The van der Waals surface area contributed by atoms with Crippen molar-refractivity contribution in [3.8, 4) is 0 Å². The van der Waals surface area contributed by atoms with Gasteiger partial charge in [0.2, 0.25) is 5.91 Å². The van der Waals surface area contributed by atoms with Crippen molar-refractivity contribution in [3.63, 3.8) is 0 Å². The molecule has 0 atom stereocenters. The molecule has 0 rings (SSSR count). The zero-order valence-electron chi connectivity index (χ0n) is 16.6. The van der Waals surface area contributed by atoms with Crippen LogP contribution in [0.5, 0.6) is 0 Å². The second-order valence-electron chi connectivity index (χ2n) is 5.76. The smallest absolute Gasteiger partial charge is 0.257 e. The molecule has 0 aliphatic heterocycles. The predicted octanol–water partition coefficient (Wildman–Crippen LogP) is 4.08. The van der Waals surface area contributed by atoms with Crippen LogP contribution in [0.15, 0.2) is 84.2 Å². The van der Waals surface area contributed by atoms with Gasteiger partial charge in [-0.25, -0.2) is 0 Å². The Hall–Kier alpha value is -2.79. The second kappa shape index (κ2) is 15.3. The summed E-state index contributed by atoms with van der Waals surface area (Å²) in [7, 11) is 0.